The number of hydrogen-bond acceptors (Lipinski definition) is 8. The van der Waals surface area contributed by atoms with Gasteiger partial charge in [0.15, 0.2) is 5.60 Å². The lowest BCUT2D eigenvalue weighted by Gasteiger charge is -2.25. The highest BCUT2D eigenvalue weighted by atomic mass is 16.4. The molecule has 0 bridgehead atoms. The van der Waals surface area contributed by atoms with Crippen molar-refractivity contribution in [2.75, 3.05) is 56.6 Å². The van der Waals surface area contributed by atoms with Gasteiger partial charge in [0.25, 0.3) is 0 Å². The molecule has 0 spiro atoms. The summed E-state index contributed by atoms with van der Waals surface area (Å²) < 4.78 is 0. The van der Waals surface area contributed by atoms with E-state index in [1.165, 1.54) is 54.6 Å². The Labute approximate surface area is 293 Å². The van der Waals surface area contributed by atoms with E-state index in [1.54, 1.807) is 0 Å². The second-order valence-electron chi connectivity index (χ2n) is 12.7. The van der Waals surface area contributed by atoms with Crippen molar-refractivity contribution in [3.8, 4) is 0 Å². The highest BCUT2D eigenvalue weighted by Gasteiger charge is 2.40. The predicted octanol–water partition coefficient (Wildman–Crippen LogP) is 6.26. The van der Waals surface area contributed by atoms with Crippen molar-refractivity contribution in [3.05, 3.63) is 59.7 Å². The molecule has 2 aromatic rings. The number of carboxylic acid groups (broad SMARTS) is 3. The Morgan fingerprint density at radius 3 is 1.53 bits per heavy atom. The van der Waals surface area contributed by atoms with E-state index < -0.39 is 36.4 Å². The molecule has 1 unspecified atom stereocenters. The maximum atomic E-state index is 10.3. The van der Waals surface area contributed by atoms with Crippen LogP contribution in [0, 0.1) is 0 Å². The van der Waals surface area contributed by atoms with Crippen LogP contribution in [0.1, 0.15) is 97.1 Å². The fourth-order valence-corrected chi connectivity index (χ4v) is 5.28. The lowest BCUT2D eigenvalue weighted by molar-refractivity contribution is -0.170. The van der Waals surface area contributed by atoms with E-state index in [0.29, 0.717) is 0 Å². The molecule has 11 heteroatoms. The van der Waals surface area contributed by atoms with Crippen LogP contribution in [0.5, 0.6) is 0 Å². The first-order chi connectivity index (χ1) is 23.2. The van der Waals surface area contributed by atoms with Gasteiger partial charge in [-0.3, -0.25) is 14.6 Å². The van der Waals surface area contributed by atoms with Crippen LogP contribution in [-0.4, -0.2) is 107 Å². The Morgan fingerprint density at radius 1 is 0.714 bits per heavy atom. The first-order valence-corrected chi connectivity index (χ1v) is 17.5. The molecule has 11 nitrogen and oxygen atoms in total. The summed E-state index contributed by atoms with van der Waals surface area (Å²) in [4.78, 5) is 43.0. The van der Waals surface area contributed by atoms with Gasteiger partial charge in [-0.05, 0) is 76.5 Å². The van der Waals surface area contributed by atoms with E-state index in [2.05, 4.69) is 112 Å². The zero-order valence-corrected chi connectivity index (χ0v) is 30.7. The van der Waals surface area contributed by atoms with Crippen LogP contribution in [-0.2, 0) is 14.4 Å². The third-order valence-electron chi connectivity index (χ3n) is 8.35. The number of aliphatic hydroxyl groups is 1. The molecular weight excluding hydrogens is 624 g/mol. The van der Waals surface area contributed by atoms with Crippen molar-refractivity contribution in [1.82, 2.24) is 4.90 Å². The minimum atomic E-state index is -2.74. The Bertz CT molecular complexity index is 1270. The van der Waals surface area contributed by atoms with Crippen LogP contribution in [0.15, 0.2) is 53.5 Å². The number of rotatable bonds is 22. The highest BCUT2D eigenvalue weighted by Crippen LogP contribution is 2.22. The second-order valence-corrected chi connectivity index (χ2v) is 12.7. The Balaban J connectivity index is 0.000000779. The SMILES string of the molecule is CCCCN(CCCC)c1ccc(C(=NC(C)CCCN(CC)CC)c2ccc(N(C)C)cc2)cc1.O=C(O)CC(O)(CC(=O)O)C(=O)O. The molecule has 0 heterocycles. The van der Waals surface area contributed by atoms with Crippen molar-refractivity contribution in [3.63, 3.8) is 0 Å². The first-order valence-electron chi connectivity index (χ1n) is 17.5. The van der Waals surface area contributed by atoms with E-state index in [9.17, 15) is 14.4 Å². The molecule has 0 saturated heterocycles. The first kappa shape index (κ1) is 43.1. The van der Waals surface area contributed by atoms with Crippen molar-refractivity contribution < 1.29 is 34.8 Å². The molecule has 0 radical (unpaired) electrons. The van der Waals surface area contributed by atoms with E-state index in [0.717, 1.165) is 44.9 Å². The monoisotopic (exact) mass is 684 g/mol. The van der Waals surface area contributed by atoms with Gasteiger partial charge in [0.2, 0.25) is 0 Å². The minimum absolute atomic E-state index is 0.286. The Morgan fingerprint density at radius 2 is 1.16 bits per heavy atom. The quantitative estimate of drug-likeness (QED) is 0.105. The van der Waals surface area contributed by atoms with Crippen LogP contribution < -0.4 is 9.80 Å². The lowest BCUT2D eigenvalue weighted by atomic mass is 9.96. The highest BCUT2D eigenvalue weighted by molar-refractivity contribution is 6.13. The zero-order valence-electron chi connectivity index (χ0n) is 30.7. The van der Waals surface area contributed by atoms with Crippen molar-refractivity contribution in [1.29, 1.82) is 0 Å². The fourth-order valence-electron chi connectivity index (χ4n) is 5.28. The standard InChI is InChI=1S/C32H52N4.C6H8O7/c1-8-12-25-36(26-13-9-2)31-22-18-29(19-23-31)32(28-16-20-30(21-17-28)34(6)7)33-27(5)15-14-24-35(10-3)11-4;7-3(8)1-6(13,5(11)12)2-4(9)10/h16-23,27H,8-15,24-26H2,1-7H3;13H,1-2H2,(H,7,8)(H,9,10)(H,11,12). The summed E-state index contributed by atoms with van der Waals surface area (Å²) in [5, 5.41) is 33.8. The average molecular weight is 685 g/mol. The number of benzene rings is 2. The van der Waals surface area contributed by atoms with Gasteiger partial charge in [-0.1, -0.05) is 64.8 Å². The third kappa shape index (κ3) is 15.9. The summed E-state index contributed by atoms with van der Waals surface area (Å²) in [5.74, 6) is -5.02. The molecule has 0 aliphatic rings. The van der Waals surface area contributed by atoms with Gasteiger partial charge in [0, 0.05) is 55.7 Å². The molecular formula is C38H60N4O7. The van der Waals surface area contributed by atoms with Crippen LogP contribution >= 0.6 is 0 Å². The number of anilines is 2. The number of unbranched alkanes of at least 4 members (excludes halogenated alkanes) is 2. The molecule has 0 amide bonds. The van der Waals surface area contributed by atoms with Crippen LogP contribution in [0.2, 0.25) is 0 Å². The topological polar surface area (TPSA) is 154 Å². The zero-order chi connectivity index (χ0) is 37.0. The number of hydrogen-bond donors (Lipinski definition) is 4. The molecule has 0 fully saturated rings. The smallest absolute Gasteiger partial charge is 0.336 e. The minimum Gasteiger partial charge on any atom is -0.481 e. The van der Waals surface area contributed by atoms with Crippen LogP contribution in [0.4, 0.5) is 11.4 Å². The number of carbonyl (C=O) groups is 3. The largest absolute Gasteiger partial charge is 0.481 e. The van der Waals surface area contributed by atoms with Crippen LogP contribution in [0.25, 0.3) is 0 Å². The molecule has 0 aromatic heterocycles. The van der Waals surface area contributed by atoms with Gasteiger partial charge in [-0.15, -0.1) is 0 Å². The van der Waals surface area contributed by atoms with Crippen molar-refractivity contribution in [2.24, 2.45) is 4.99 Å². The maximum absolute atomic E-state index is 10.3. The molecule has 0 aliphatic heterocycles. The molecule has 2 aromatic carbocycles. The van der Waals surface area contributed by atoms with Gasteiger partial charge < -0.3 is 35.1 Å². The Kier molecular flexibility index (Phi) is 19.9. The molecule has 49 heavy (non-hydrogen) atoms. The summed E-state index contributed by atoms with van der Waals surface area (Å²) in [6, 6.07) is 18.3. The molecule has 0 aliphatic carbocycles. The van der Waals surface area contributed by atoms with Gasteiger partial charge >= 0.3 is 17.9 Å². The van der Waals surface area contributed by atoms with Gasteiger partial charge in [0.05, 0.1) is 18.6 Å². The molecule has 4 N–H and O–H groups in total. The number of nitrogens with zero attached hydrogens (tertiary/aromatic N) is 4. The number of carboxylic acids is 3. The summed E-state index contributed by atoms with van der Waals surface area (Å²) in [6.07, 6.45) is 4.93. The van der Waals surface area contributed by atoms with Gasteiger partial charge in [-0.25, -0.2) is 4.79 Å². The van der Waals surface area contributed by atoms with Gasteiger partial charge in [0.1, 0.15) is 0 Å². The molecule has 1 atom stereocenters. The lowest BCUT2D eigenvalue weighted by Crippen LogP contribution is -2.42. The van der Waals surface area contributed by atoms with Gasteiger partial charge in [-0.2, -0.15) is 0 Å². The van der Waals surface area contributed by atoms with Crippen molar-refractivity contribution >= 4 is 35.0 Å². The second kappa shape index (κ2) is 22.6. The maximum Gasteiger partial charge on any atom is 0.336 e. The molecule has 2 rings (SSSR count). The predicted molar refractivity (Wildman–Crippen MR) is 198 cm³/mol. The van der Waals surface area contributed by atoms with E-state index in [4.69, 9.17) is 25.4 Å². The molecule has 0 saturated carbocycles. The normalized spacial score (nSPS) is 12.2. The van der Waals surface area contributed by atoms with E-state index in [-0.39, 0.29) is 6.04 Å². The van der Waals surface area contributed by atoms with E-state index in [1.807, 2.05) is 0 Å². The summed E-state index contributed by atoms with van der Waals surface area (Å²) in [5.41, 5.74) is 3.31. The summed E-state index contributed by atoms with van der Waals surface area (Å²) in [7, 11) is 4.17. The molecule has 274 valence electrons. The number of aliphatic carboxylic acids is 3. The van der Waals surface area contributed by atoms with E-state index >= 15 is 0 Å². The summed E-state index contributed by atoms with van der Waals surface area (Å²) >= 11 is 0. The van der Waals surface area contributed by atoms with Crippen LogP contribution in [0.3, 0.4) is 0 Å². The van der Waals surface area contributed by atoms with Crippen molar-refractivity contribution in [2.45, 2.75) is 97.6 Å². The Hall–Kier alpha value is -3.96. The summed E-state index contributed by atoms with van der Waals surface area (Å²) in [6.45, 7) is 17.0. The fraction of sp³-hybridized carbons (Fsp3) is 0.579. The third-order valence-corrected chi connectivity index (χ3v) is 8.35. The average Bonchev–Trinajstić information content (AvgIpc) is 3.05. The number of aliphatic imine (C=N–C) groups is 1.